The molecule has 0 amide bonds. The molecule has 1 aliphatic rings. The first-order valence-electron chi connectivity index (χ1n) is 9.66. The van der Waals surface area contributed by atoms with Gasteiger partial charge in [0.05, 0.1) is 10.5 Å². The van der Waals surface area contributed by atoms with E-state index in [1.165, 1.54) is 0 Å². The zero-order valence-corrected chi connectivity index (χ0v) is 20.4. The molecule has 162 valence electrons. The third-order valence-corrected chi connectivity index (χ3v) is 6.96. The highest BCUT2D eigenvalue weighted by molar-refractivity contribution is 14.0. The minimum absolute atomic E-state index is 0. The highest BCUT2D eigenvalue weighted by Crippen LogP contribution is 2.15. The molecule has 7 nitrogen and oxygen atoms in total. The van der Waals surface area contributed by atoms with Crippen LogP contribution in [0.3, 0.4) is 0 Å². The Balaban J connectivity index is 0.00000676. The molecule has 9 heteroatoms. The van der Waals surface area contributed by atoms with Crippen molar-refractivity contribution >= 4 is 39.8 Å². The van der Waals surface area contributed by atoms with Gasteiger partial charge in [0.15, 0.2) is 15.8 Å². The lowest BCUT2D eigenvalue weighted by Gasteiger charge is -2.21. The number of rotatable bonds is 10. The fourth-order valence-electron chi connectivity index (χ4n) is 2.47. The summed E-state index contributed by atoms with van der Waals surface area (Å²) in [7, 11) is -3.13. The fourth-order valence-corrected chi connectivity index (χ4v) is 3.46. The van der Waals surface area contributed by atoms with Gasteiger partial charge in [-0.3, -0.25) is 4.99 Å². The SMILES string of the molecule is CCNC(=NCCCOCC1CCOCC1)NCCS(=O)(=O)C(C)(C)C.I. The molecule has 1 saturated heterocycles. The van der Waals surface area contributed by atoms with Gasteiger partial charge in [-0.2, -0.15) is 0 Å². The molecule has 0 unspecified atom stereocenters. The zero-order chi connectivity index (χ0) is 19.5. The van der Waals surface area contributed by atoms with Crippen molar-refractivity contribution in [1.82, 2.24) is 10.6 Å². The standard InChI is InChI=1S/C18H37N3O4S.HI/c1-5-19-17(21-10-14-26(22,23)18(2,3)4)20-9-6-11-25-15-16-7-12-24-13-8-16;/h16H,5-15H2,1-4H3,(H2,19,20,21);1H. The zero-order valence-electron chi connectivity index (χ0n) is 17.3. The first kappa shape index (κ1) is 26.9. The molecule has 0 saturated carbocycles. The number of sulfone groups is 1. The van der Waals surface area contributed by atoms with Gasteiger partial charge >= 0.3 is 0 Å². The molecule has 0 aliphatic carbocycles. The van der Waals surface area contributed by atoms with E-state index in [1.807, 2.05) is 6.92 Å². The van der Waals surface area contributed by atoms with E-state index in [1.54, 1.807) is 20.8 Å². The van der Waals surface area contributed by atoms with Crippen molar-refractivity contribution in [2.45, 2.75) is 51.7 Å². The maximum atomic E-state index is 12.1. The van der Waals surface area contributed by atoms with E-state index in [0.717, 1.165) is 45.6 Å². The Morgan fingerprint density at radius 1 is 1.22 bits per heavy atom. The summed E-state index contributed by atoms with van der Waals surface area (Å²) < 4.78 is 34.6. The smallest absolute Gasteiger partial charge is 0.191 e. The average molecular weight is 519 g/mol. The number of halogens is 1. The molecule has 0 aromatic heterocycles. The van der Waals surface area contributed by atoms with Gasteiger partial charge in [-0.1, -0.05) is 0 Å². The maximum Gasteiger partial charge on any atom is 0.191 e. The molecule has 1 fully saturated rings. The summed E-state index contributed by atoms with van der Waals surface area (Å²) >= 11 is 0. The summed E-state index contributed by atoms with van der Waals surface area (Å²) in [5.74, 6) is 1.37. The summed E-state index contributed by atoms with van der Waals surface area (Å²) in [6.07, 6.45) is 3.02. The Hall–Kier alpha value is -0.130. The Kier molecular flexibility index (Phi) is 13.9. The molecular formula is C18H38IN3O4S. The van der Waals surface area contributed by atoms with Crippen molar-refractivity contribution in [2.75, 3.05) is 51.8 Å². The van der Waals surface area contributed by atoms with E-state index >= 15 is 0 Å². The van der Waals surface area contributed by atoms with E-state index in [-0.39, 0.29) is 29.7 Å². The number of hydrogen-bond acceptors (Lipinski definition) is 5. The Bertz CT molecular complexity index is 515. The van der Waals surface area contributed by atoms with Crippen LogP contribution in [0.4, 0.5) is 0 Å². The first-order chi connectivity index (χ1) is 12.3. The highest BCUT2D eigenvalue weighted by Gasteiger charge is 2.28. The summed E-state index contributed by atoms with van der Waals surface area (Å²) in [5, 5.41) is 6.24. The molecule has 2 N–H and O–H groups in total. The largest absolute Gasteiger partial charge is 0.381 e. The lowest BCUT2D eigenvalue weighted by Crippen LogP contribution is -2.41. The quantitative estimate of drug-likeness (QED) is 0.199. The number of nitrogens with zero attached hydrogens (tertiary/aromatic N) is 1. The molecule has 0 atom stereocenters. The van der Waals surface area contributed by atoms with E-state index in [2.05, 4.69) is 15.6 Å². The lowest BCUT2D eigenvalue weighted by molar-refractivity contribution is 0.0205. The van der Waals surface area contributed by atoms with Crippen molar-refractivity contribution in [3.05, 3.63) is 0 Å². The number of aliphatic imine (C=N–C) groups is 1. The van der Waals surface area contributed by atoms with Crippen molar-refractivity contribution in [3.63, 3.8) is 0 Å². The van der Waals surface area contributed by atoms with Crippen molar-refractivity contribution in [3.8, 4) is 0 Å². The normalized spacial score (nSPS) is 16.7. The van der Waals surface area contributed by atoms with Gasteiger partial charge in [0.25, 0.3) is 0 Å². The van der Waals surface area contributed by atoms with Gasteiger partial charge in [-0.25, -0.2) is 8.42 Å². The molecule has 27 heavy (non-hydrogen) atoms. The van der Waals surface area contributed by atoms with Crippen LogP contribution >= 0.6 is 24.0 Å². The average Bonchev–Trinajstić information content (AvgIpc) is 2.57. The fraction of sp³-hybridized carbons (Fsp3) is 0.944. The third kappa shape index (κ3) is 11.5. The van der Waals surface area contributed by atoms with Gasteiger partial charge < -0.3 is 20.1 Å². The van der Waals surface area contributed by atoms with Crippen LogP contribution in [0.5, 0.6) is 0 Å². The summed E-state index contributed by atoms with van der Waals surface area (Å²) in [4.78, 5) is 4.48. The van der Waals surface area contributed by atoms with Crippen LogP contribution in [-0.4, -0.2) is 70.9 Å². The summed E-state index contributed by atoms with van der Waals surface area (Å²) in [6, 6.07) is 0. The number of ether oxygens (including phenoxy) is 2. The molecule has 0 bridgehead atoms. The molecule has 1 heterocycles. The molecule has 0 aromatic rings. The van der Waals surface area contributed by atoms with Gasteiger partial charge in [0.1, 0.15) is 0 Å². The van der Waals surface area contributed by atoms with Crippen LogP contribution in [0.2, 0.25) is 0 Å². The Labute approximate surface area is 182 Å². The minimum atomic E-state index is -3.13. The second-order valence-corrected chi connectivity index (χ2v) is 10.5. The Morgan fingerprint density at radius 3 is 2.48 bits per heavy atom. The number of hydrogen-bond donors (Lipinski definition) is 2. The van der Waals surface area contributed by atoms with Crippen LogP contribution in [-0.2, 0) is 19.3 Å². The molecular weight excluding hydrogens is 481 g/mol. The van der Waals surface area contributed by atoms with Gasteiger partial charge in [0, 0.05) is 46.1 Å². The second kappa shape index (κ2) is 13.9. The Morgan fingerprint density at radius 2 is 1.89 bits per heavy atom. The van der Waals surface area contributed by atoms with E-state index < -0.39 is 14.6 Å². The topological polar surface area (TPSA) is 89.0 Å². The van der Waals surface area contributed by atoms with Crippen molar-refractivity contribution in [1.29, 1.82) is 0 Å². The molecule has 0 spiro atoms. The predicted molar refractivity (Wildman–Crippen MR) is 122 cm³/mol. The molecule has 1 aliphatic heterocycles. The second-order valence-electron chi connectivity index (χ2n) is 7.60. The van der Waals surface area contributed by atoms with Crippen LogP contribution in [0.25, 0.3) is 0 Å². The van der Waals surface area contributed by atoms with Crippen molar-refractivity contribution in [2.24, 2.45) is 10.9 Å². The van der Waals surface area contributed by atoms with Crippen molar-refractivity contribution < 1.29 is 17.9 Å². The number of nitrogens with one attached hydrogen (secondary N) is 2. The van der Waals surface area contributed by atoms with E-state index in [9.17, 15) is 8.42 Å². The van der Waals surface area contributed by atoms with Gasteiger partial charge in [-0.05, 0) is 52.9 Å². The number of guanidine groups is 1. The van der Waals surface area contributed by atoms with Gasteiger partial charge in [0.2, 0.25) is 0 Å². The summed E-state index contributed by atoms with van der Waals surface area (Å²) in [6.45, 7) is 12.1. The monoisotopic (exact) mass is 519 g/mol. The predicted octanol–water partition coefficient (Wildman–Crippen LogP) is 2.21. The van der Waals surface area contributed by atoms with E-state index in [4.69, 9.17) is 9.47 Å². The van der Waals surface area contributed by atoms with Crippen LogP contribution in [0.1, 0.15) is 47.0 Å². The van der Waals surface area contributed by atoms with Gasteiger partial charge in [-0.15, -0.1) is 24.0 Å². The van der Waals surface area contributed by atoms with Crippen LogP contribution in [0.15, 0.2) is 4.99 Å². The summed E-state index contributed by atoms with van der Waals surface area (Å²) in [5.41, 5.74) is 0. The minimum Gasteiger partial charge on any atom is -0.381 e. The highest BCUT2D eigenvalue weighted by atomic mass is 127. The molecule has 1 rings (SSSR count). The third-order valence-electron chi connectivity index (χ3n) is 4.35. The van der Waals surface area contributed by atoms with E-state index in [0.29, 0.717) is 31.6 Å². The lowest BCUT2D eigenvalue weighted by atomic mass is 10.0. The van der Waals surface area contributed by atoms with Crippen LogP contribution in [0, 0.1) is 5.92 Å². The molecule has 0 aromatic carbocycles. The maximum absolute atomic E-state index is 12.1. The van der Waals surface area contributed by atoms with Crippen LogP contribution < -0.4 is 10.6 Å². The first-order valence-corrected chi connectivity index (χ1v) is 11.3. The molecule has 0 radical (unpaired) electrons.